The molecule has 2 bridgehead atoms. The van der Waals surface area contributed by atoms with E-state index < -0.39 is 0 Å². The van der Waals surface area contributed by atoms with Crippen molar-refractivity contribution in [3.05, 3.63) is 11.6 Å². The Hall–Kier alpha value is -0.300. The van der Waals surface area contributed by atoms with Gasteiger partial charge in [0, 0.05) is 6.04 Å². The summed E-state index contributed by atoms with van der Waals surface area (Å²) in [6, 6.07) is 0.368. The van der Waals surface area contributed by atoms with E-state index in [2.05, 4.69) is 6.08 Å². The number of rotatable bonds is 2. The van der Waals surface area contributed by atoms with Gasteiger partial charge in [0.2, 0.25) is 0 Å². The van der Waals surface area contributed by atoms with Crippen LogP contribution in [0.4, 0.5) is 0 Å². The van der Waals surface area contributed by atoms with E-state index in [9.17, 15) is 0 Å². The lowest BCUT2D eigenvalue weighted by Crippen LogP contribution is -2.21. The molecule has 2 N–H and O–H groups in total. The van der Waals surface area contributed by atoms with E-state index in [0.29, 0.717) is 6.04 Å². The van der Waals surface area contributed by atoms with Crippen LogP contribution < -0.4 is 5.73 Å². The minimum atomic E-state index is 0.368. The number of allylic oxidation sites excluding steroid dienone is 1. The second kappa shape index (κ2) is 3.93. The Morgan fingerprint density at radius 2 is 2.13 bits per heavy atom. The maximum atomic E-state index is 6.00. The van der Waals surface area contributed by atoms with Gasteiger partial charge < -0.3 is 5.73 Å². The smallest absolute Gasteiger partial charge is 0.0226 e. The first-order valence-electron chi connectivity index (χ1n) is 6.76. The van der Waals surface area contributed by atoms with Gasteiger partial charge >= 0.3 is 0 Å². The molecule has 4 unspecified atom stereocenters. The molecular weight excluding hydrogens is 182 g/mol. The highest BCUT2D eigenvalue weighted by Crippen LogP contribution is 2.50. The maximum Gasteiger partial charge on any atom is 0.0226 e. The second-order valence-electron chi connectivity index (χ2n) is 6.02. The molecule has 0 heterocycles. The molecule has 0 aliphatic heterocycles. The SMILES string of the molecule is NC1C=C(CC2CC3CCC2C3)CCC1. The predicted octanol–water partition coefficient (Wildman–Crippen LogP) is 3.25. The monoisotopic (exact) mass is 205 g/mol. The summed E-state index contributed by atoms with van der Waals surface area (Å²) < 4.78 is 0. The van der Waals surface area contributed by atoms with Gasteiger partial charge in [-0.2, -0.15) is 0 Å². The van der Waals surface area contributed by atoms with Crippen molar-refractivity contribution in [2.24, 2.45) is 23.5 Å². The Kier molecular flexibility index (Phi) is 2.59. The van der Waals surface area contributed by atoms with Gasteiger partial charge in [-0.05, 0) is 62.7 Å². The Balaban J connectivity index is 1.61. The molecule has 2 saturated carbocycles. The van der Waals surface area contributed by atoms with Crippen LogP contribution >= 0.6 is 0 Å². The fourth-order valence-corrected chi connectivity index (χ4v) is 4.17. The second-order valence-corrected chi connectivity index (χ2v) is 6.02. The Labute approximate surface area is 93.1 Å². The van der Waals surface area contributed by atoms with Gasteiger partial charge in [-0.25, -0.2) is 0 Å². The number of nitrogens with two attached hydrogens (primary N) is 1. The van der Waals surface area contributed by atoms with E-state index in [1.165, 1.54) is 44.9 Å². The molecule has 4 atom stereocenters. The molecule has 2 fully saturated rings. The van der Waals surface area contributed by atoms with E-state index in [1.807, 2.05) is 0 Å². The van der Waals surface area contributed by atoms with Gasteiger partial charge in [0.25, 0.3) is 0 Å². The van der Waals surface area contributed by atoms with Crippen LogP contribution in [0.5, 0.6) is 0 Å². The Bertz CT molecular complexity index is 269. The summed E-state index contributed by atoms with van der Waals surface area (Å²) in [6.07, 6.45) is 13.7. The van der Waals surface area contributed by atoms with Crippen molar-refractivity contribution in [1.82, 2.24) is 0 Å². The highest BCUT2D eigenvalue weighted by molar-refractivity contribution is 5.12. The molecule has 84 valence electrons. The molecule has 0 amide bonds. The van der Waals surface area contributed by atoms with Gasteiger partial charge in [0.1, 0.15) is 0 Å². The van der Waals surface area contributed by atoms with Gasteiger partial charge in [0.05, 0.1) is 0 Å². The minimum Gasteiger partial charge on any atom is -0.324 e. The third-order valence-corrected chi connectivity index (χ3v) is 4.89. The predicted molar refractivity (Wildman–Crippen MR) is 63.5 cm³/mol. The zero-order chi connectivity index (χ0) is 10.3. The largest absolute Gasteiger partial charge is 0.324 e. The molecule has 1 nitrogen and oxygen atoms in total. The lowest BCUT2D eigenvalue weighted by atomic mass is 9.81. The summed E-state index contributed by atoms with van der Waals surface area (Å²) in [6.45, 7) is 0. The molecule has 3 aliphatic rings. The average molecular weight is 205 g/mol. The molecule has 15 heavy (non-hydrogen) atoms. The lowest BCUT2D eigenvalue weighted by molar-refractivity contribution is 0.326. The molecule has 0 radical (unpaired) electrons. The topological polar surface area (TPSA) is 26.0 Å². The van der Waals surface area contributed by atoms with Gasteiger partial charge in [-0.1, -0.05) is 18.1 Å². The van der Waals surface area contributed by atoms with Crippen LogP contribution in [0.15, 0.2) is 11.6 Å². The van der Waals surface area contributed by atoms with Crippen molar-refractivity contribution in [2.45, 2.75) is 57.4 Å². The molecular formula is C14H23N. The van der Waals surface area contributed by atoms with Crippen LogP contribution in [0.1, 0.15) is 51.4 Å². The summed E-state index contributed by atoms with van der Waals surface area (Å²) >= 11 is 0. The summed E-state index contributed by atoms with van der Waals surface area (Å²) in [7, 11) is 0. The average Bonchev–Trinajstić information content (AvgIpc) is 2.79. The normalized spacial score (nSPS) is 44.5. The van der Waals surface area contributed by atoms with Crippen molar-refractivity contribution >= 4 is 0 Å². The molecule has 0 aromatic carbocycles. The first-order chi connectivity index (χ1) is 7.31. The van der Waals surface area contributed by atoms with Crippen molar-refractivity contribution in [2.75, 3.05) is 0 Å². The standard InChI is InChI=1S/C14H23N/c15-14-3-1-2-10(9-14)7-13-8-11-4-5-12(13)6-11/h9,11-14H,1-8,15H2. The maximum absolute atomic E-state index is 6.00. The summed E-state index contributed by atoms with van der Waals surface area (Å²) in [5.74, 6) is 3.20. The van der Waals surface area contributed by atoms with E-state index in [-0.39, 0.29) is 0 Å². The summed E-state index contributed by atoms with van der Waals surface area (Å²) in [4.78, 5) is 0. The van der Waals surface area contributed by atoms with Crippen LogP contribution in [0.2, 0.25) is 0 Å². The highest BCUT2D eigenvalue weighted by Gasteiger charge is 2.39. The van der Waals surface area contributed by atoms with E-state index in [4.69, 9.17) is 5.73 Å². The quantitative estimate of drug-likeness (QED) is 0.688. The zero-order valence-corrected chi connectivity index (χ0v) is 9.62. The van der Waals surface area contributed by atoms with Crippen LogP contribution in [-0.4, -0.2) is 6.04 Å². The van der Waals surface area contributed by atoms with Crippen molar-refractivity contribution < 1.29 is 0 Å². The summed E-state index contributed by atoms with van der Waals surface area (Å²) in [5, 5.41) is 0. The van der Waals surface area contributed by atoms with Crippen molar-refractivity contribution in [3.63, 3.8) is 0 Å². The van der Waals surface area contributed by atoms with E-state index in [1.54, 1.807) is 12.0 Å². The molecule has 0 aromatic rings. The minimum absolute atomic E-state index is 0.368. The Morgan fingerprint density at radius 3 is 2.80 bits per heavy atom. The first-order valence-corrected chi connectivity index (χ1v) is 6.76. The first kappa shape index (κ1) is 9.89. The van der Waals surface area contributed by atoms with Crippen LogP contribution in [0.3, 0.4) is 0 Å². The van der Waals surface area contributed by atoms with Crippen LogP contribution in [0.25, 0.3) is 0 Å². The number of fused-ring (bicyclic) bond motifs is 2. The van der Waals surface area contributed by atoms with Gasteiger partial charge in [0.15, 0.2) is 0 Å². The summed E-state index contributed by atoms with van der Waals surface area (Å²) in [5.41, 5.74) is 7.69. The van der Waals surface area contributed by atoms with E-state index >= 15 is 0 Å². The van der Waals surface area contributed by atoms with Gasteiger partial charge in [-0.3, -0.25) is 0 Å². The number of hydrogen-bond donors (Lipinski definition) is 1. The third kappa shape index (κ3) is 1.99. The van der Waals surface area contributed by atoms with Gasteiger partial charge in [-0.15, -0.1) is 0 Å². The van der Waals surface area contributed by atoms with Crippen LogP contribution in [-0.2, 0) is 0 Å². The lowest BCUT2D eigenvalue weighted by Gasteiger charge is -2.25. The highest BCUT2D eigenvalue weighted by atomic mass is 14.6. The zero-order valence-electron chi connectivity index (χ0n) is 9.62. The van der Waals surface area contributed by atoms with Crippen molar-refractivity contribution in [3.8, 4) is 0 Å². The van der Waals surface area contributed by atoms with E-state index in [0.717, 1.165) is 17.8 Å². The van der Waals surface area contributed by atoms with Crippen molar-refractivity contribution in [1.29, 1.82) is 0 Å². The molecule has 3 aliphatic carbocycles. The molecule has 1 heteroatoms. The number of hydrogen-bond acceptors (Lipinski definition) is 1. The fourth-order valence-electron chi connectivity index (χ4n) is 4.17. The molecule has 0 spiro atoms. The molecule has 0 aromatic heterocycles. The molecule has 3 rings (SSSR count). The van der Waals surface area contributed by atoms with Crippen LogP contribution in [0, 0.1) is 17.8 Å². The fraction of sp³-hybridized carbons (Fsp3) is 0.857. The third-order valence-electron chi connectivity index (χ3n) is 4.89. The molecule has 0 saturated heterocycles. The Morgan fingerprint density at radius 1 is 1.20 bits per heavy atom.